The minimum atomic E-state index is -4.51. The highest BCUT2D eigenvalue weighted by molar-refractivity contribution is 5.72. The number of rotatable bonds is 4. The molecule has 0 radical (unpaired) electrons. The molecule has 0 aliphatic heterocycles. The maximum atomic E-state index is 12.0. The average Bonchev–Trinajstić information content (AvgIpc) is 2.34. The van der Waals surface area contributed by atoms with Gasteiger partial charge in [0.25, 0.3) is 0 Å². The number of halogens is 3. The quantitative estimate of drug-likeness (QED) is 0.844. The Bertz CT molecular complexity index is 436. The first kappa shape index (κ1) is 14.1. The third-order valence-corrected chi connectivity index (χ3v) is 2.12. The van der Waals surface area contributed by atoms with Gasteiger partial charge in [-0.05, 0) is 23.8 Å². The van der Waals surface area contributed by atoms with E-state index in [2.05, 4.69) is 4.99 Å². The molecule has 0 bridgehead atoms. The lowest BCUT2D eigenvalue weighted by molar-refractivity contribution is -0.0925. The Kier molecular flexibility index (Phi) is 4.76. The van der Waals surface area contributed by atoms with Crippen LogP contribution in [0.1, 0.15) is 5.56 Å². The fourth-order valence-corrected chi connectivity index (χ4v) is 1.12. The smallest absolute Gasteiger partial charge is 0.430 e. The molecule has 6 heteroatoms. The zero-order valence-corrected chi connectivity index (χ0v) is 9.74. The van der Waals surface area contributed by atoms with E-state index in [-0.39, 0.29) is 6.54 Å². The predicted molar refractivity (Wildman–Crippen MR) is 63.5 cm³/mol. The van der Waals surface area contributed by atoms with Crippen LogP contribution < -0.4 is 10.5 Å². The van der Waals surface area contributed by atoms with Gasteiger partial charge in [-0.1, -0.05) is 12.1 Å². The molecular formula is C12H13F3N2O. The van der Waals surface area contributed by atoms with Crippen molar-refractivity contribution in [3.8, 4) is 5.75 Å². The number of methoxy groups -OCH3 is 1. The number of allylic oxidation sites excluding steroid dienone is 2. The molecular weight excluding hydrogens is 245 g/mol. The van der Waals surface area contributed by atoms with Crippen LogP contribution in [0.25, 0.3) is 0 Å². The molecule has 0 fully saturated rings. The van der Waals surface area contributed by atoms with Crippen molar-refractivity contribution >= 4 is 6.21 Å². The first-order valence-electron chi connectivity index (χ1n) is 5.09. The molecule has 0 amide bonds. The number of aliphatic imine (C=N–C) groups is 1. The van der Waals surface area contributed by atoms with Crippen molar-refractivity contribution in [2.75, 3.05) is 7.11 Å². The fourth-order valence-electron chi connectivity index (χ4n) is 1.12. The van der Waals surface area contributed by atoms with Crippen molar-refractivity contribution in [1.29, 1.82) is 0 Å². The van der Waals surface area contributed by atoms with Crippen LogP contribution in [-0.4, -0.2) is 19.5 Å². The van der Waals surface area contributed by atoms with Gasteiger partial charge in [-0.25, -0.2) is 0 Å². The molecule has 98 valence electrons. The molecule has 1 rings (SSSR count). The Morgan fingerprint density at radius 2 is 1.94 bits per heavy atom. The SMILES string of the molecule is COc1ccc(CN=C/C=C(\N)C(F)(F)F)cc1. The molecule has 0 aliphatic rings. The molecule has 2 N–H and O–H groups in total. The number of alkyl halides is 3. The second kappa shape index (κ2) is 6.09. The van der Waals surface area contributed by atoms with Crippen LogP contribution in [0, 0.1) is 0 Å². The van der Waals surface area contributed by atoms with Crippen molar-refractivity contribution in [1.82, 2.24) is 0 Å². The Morgan fingerprint density at radius 1 is 1.33 bits per heavy atom. The lowest BCUT2D eigenvalue weighted by atomic mass is 10.2. The fraction of sp³-hybridized carbons (Fsp3) is 0.250. The van der Waals surface area contributed by atoms with Gasteiger partial charge in [-0.15, -0.1) is 0 Å². The van der Waals surface area contributed by atoms with E-state index in [1.807, 2.05) is 0 Å². The summed E-state index contributed by atoms with van der Waals surface area (Å²) >= 11 is 0. The van der Waals surface area contributed by atoms with E-state index in [1.165, 1.54) is 0 Å². The van der Waals surface area contributed by atoms with E-state index in [0.717, 1.165) is 17.9 Å². The highest BCUT2D eigenvalue weighted by Gasteiger charge is 2.30. The largest absolute Gasteiger partial charge is 0.497 e. The minimum Gasteiger partial charge on any atom is -0.497 e. The van der Waals surface area contributed by atoms with E-state index in [0.29, 0.717) is 5.75 Å². The topological polar surface area (TPSA) is 47.6 Å². The van der Waals surface area contributed by atoms with Gasteiger partial charge in [0.05, 0.1) is 13.7 Å². The summed E-state index contributed by atoms with van der Waals surface area (Å²) in [5.74, 6) is 0.712. The molecule has 0 atom stereocenters. The molecule has 18 heavy (non-hydrogen) atoms. The van der Waals surface area contributed by atoms with Crippen molar-refractivity contribution in [2.45, 2.75) is 12.7 Å². The summed E-state index contributed by atoms with van der Waals surface area (Å²) < 4.78 is 41.0. The molecule has 0 aliphatic carbocycles. The minimum absolute atomic E-state index is 0.283. The monoisotopic (exact) mass is 258 g/mol. The molecule has 0 heterocycles. The van der Waals surface area contributed by atoms with Gasteiger partial charge in [-0.2, -0.15) is 13.2 Å². The summed E-state index contributed by atoms with van der Waals surface area (Å²) in [6.07, 6.45) is -2.72. The number of nitrogens with zero attached hydrogens (tertiary/aromatic N) is 1. The Morgan fingerprint density at radius 3 is 2.44 bits per heavy atom. The van der Waals surface area contributed by atoms with Gasteiger partial charge in [0.1, 0.15) is 11.4 Å². The highest BCUT2D eigenvalue weighted by atomic mass is 19.4. The van der Waals surface area contributed by atoms with Crippen LogP contribution in [0.15, 0.2) is 41.0 Å². The molecule has 0 aromatic heterocycles. The number of nitrogens with two attached hydrogens (primary N) is 1. The maximum absolute atomic E-state index is 12.0. The number of benzene rings is 1. The molecule has 0 saturated heterocycles. The molecule has 0 saturated carbocycles. The van der Waals surface area contributed by atoms with Crippen LogP contribution in [0.2, 0.25) is 0 Å². The summed E-state index contributed by atoms with van der Waals surface area (Å²) in [5, 5.41) is 0. The summed E-state index contributed by atoms with van der Waals surface area (Å²) in [7, 11) is 1.55. The van der Waals surface area contributed by atoms with E-state index in [4.69, 9.17) is 10.5 Å². The van der Waals surface area contributed by atoms with E-state index in [9.17, 15) is 13.2 Å². The second-order valence-electron chi connectivity index (χ2n) is 3.46. The molecule has 0 unspecified atom stereocenters. The van der Waals surface area contributed by atoms with Crippen molar-refractivity contribution < 1.29 is 17.9 Å². The zero-order chi connectivity index (χ0) is 13.6. The van der Waals surface area contributed by atoms with E-state index in [1.54, 1.807) is 31.4 Å². The van der Waals surface area contributed by atoms with Crippen LogP contribution in [0.4, 0.5) is 13.2 Å². The summed E-state index contributed by atoms with van der Waals surface area (Å²) in [4.78, 5) is 3.83. The maximum Gasteiger partial charge on any atom is 0.430 e. The summed E-state index contributed by atoms with van der Waals surface area (Å²) in [5.41, 5.74) is 4.50. The van der Waals surface area contributed by atoms with Crippen LogP contribution >= 0.6 is 0 Å². The van der Waals surface area contributed by atoms with Gasteiger partial charge in [-0.3, -0.25) is 4.99 Å². The first-order valence-corrected chi connectivity index (χ1v) is 5.09. The summed E-state index contributed by atoms with van der Waals surface area (Å²) in [6.45, 7) is 0.283. The van der Waals surface area contributed by atoms with Gasteiger partial charge in [0.15, 0.2) is 0 Å². The van der Waals surface area contributed by atoms with Crippen molar-refractivity contribution in [2.24, 2.45) is 10.7 Å². The Hall–Kier alpha value is -1.98. The van der Waals surface area contributed by atoms with E-state index < -0.39 is 11.9 Å². The number of hydrogen-bond acceptors (Lipinski definition) is 3. The first-order chi connectivity index (χ1) is 8.43. The van der Waals surface area contributed by atoms with Crippen molar-refractivity contribution in [3.05, 3.63) is 41.6 Å². The normalized spacial score (nSPS) is 13.0. The average molecular weight is 258 g/mol. The number of hydrogen-bond donors (Lipinski definition) is 1. The molecule has 1 aromatic rings. The van der Waals surface area contributed by atoms with Gasteiger partial charge < -0.3 is 10.5 Å². The highest BCUT2D eigenvalue weighted by Crippen LogP contribution is 2.20. The second-order valence-corrected chi connectivity index (χ2v) is 3.46. The third-order valence-electron chi connectivity index (χ3n) is 2.12. The van der Waals surface area contributed by atoms with Gasteiger partial charge in [0, 0.05) is 6.21 Å². The van der Waals surface area contributed by atoms with E-state index >= 15 is 0 Å². The third kappa shape index (κ3) is 4.48. The van der Waals surface area contributed by atoms with Crippen LogP contribution in [-0.2, 0) is 6.54 Å². The van der Waals surface area contributed by atoms with Gasteiger partial charge >= 0.3 is 6.18 Å². The molecule has 0 spiro atoms. The Balaban J connectivity index is 2.54. The molecule has 1 aromatic carbocycles. The summed E-state index contributed by atoms with van der Waals surface area (Å²) in [6, 6.07) is 7.08. The lowest BCUT2D eigenvalue weighted by Gasteiger charge is -2.03. The Labute approximate surface area is 103 Å². The predicted octanol–water partition coefficient (Wildman–Crippen LogP) is 2.67. The van der Waals surface area contributed by atoms with Crippen LogP contribution in [0.5, 0.6) is 5.75 Å². The lowest BCUT2D eigenvalue weighted by Crippen LogP contribution is -2.19. The van der Waals surface area contributed by atoms with Gasteiger partial charge in [0.2, 0.25) is 0 Å². The standard InChI is InChI=1S/C12H13F3N2O/c1-18-10-4-2-9(3-5-10)8-17-7-6-11(16)12(13,14)15/h2-7H,8,16H2,1H3/b11-6-,17-7?. The molecule has 3 nitrogen and oxygen atoms in total. The zero-order valence-electron chi connectivity index (χ0n) is 9.74. The number of ether oxygens (including phenoxy) is 1. The van der Waals surface area contributed by atoms with Crippen LogP contribution in [0.3, 0.4) is 0 Å². The van der Waals surface area contributed by atoms with Crippen molar-refractivity contribution in [3.63, 3.8) is 0 Å².